The first-order valence-electron chi connectivity index (χ1n) is 14.2. The average Bonchev–Trinajstić information content (AvgIpc) is 3.57. The van der Waals surface area contributed by atoms with E-state index in [4.69, 9.17) is 23.7 Å². The number of aliphatic hydroxyl groups excluding tert-OH is 1. The number of ether oxygens (including phenoxy) is 5. The van der Waals surface area contributed by atoms with Crippen molar-refractivity contribution < 1.29 is 43.5 Å². The minimum atomic E-state index is -1.95. The smallest absolute Gasteiger partial charge is 0.331 e. The van der Waals surface area contributed by atoms with Crippen molar-refractivity contribution in [1.29, 1.82) is 0 Å². The predicted octanol–water partition coefficient (Wildman–Crippen LogP) is 2.08. The first-order valence-corrected chi connectivity index (χ1v) is 14.2. The molecule has 4 aliphatic carbocycles. The summed E-state index contributed by atoms with van der Waals surface area (Å²) in [5, 5.41) is 22.0. The van der Waals surface area contributed by atoms with Crippen LogP contribution in [-0.2, 0) is 33.3 Å². The van der Waals surface area contributed by atoms with Gasteiger partial charge in [-0.05, 0) is 63.7 Å². The molecule has 0 radical (unpaired) electrons. The highest BCUT2D eigenvalue weighted by Crippen LogP contribution is 2.79. The molecule has 5 aliphatic heterocycles. The van der Waals surface area contributed by atoms with Crippen LogP contribution in [0.1, 0.15) is 65.2 Å². The zero-order valence-electron chi connectivity index (χ0n) is 21.9. The van der Waals surface area contributed by atoms with Crippen molar-refractivity contribution in [2.75, 3.05) is 6.61 Å². The highest BCUT2D eigenvalue weighted by molar-refractivity contribution is 5.86. The van der Waals surface area contributed by atoms with Crippen molar-refractivity contribution in [2.24, 2.45) is 22.7 Å². The van der Waals surface area contributed by atoms with Gasteiger partial charge in [0.15, 0.2) is 0 Å². The molecular weight excluding hydrogens is 492 g/mol. The van der Waals surface area contributed by atoms with Crippen LogP contribution in [-0.4, -0.2) is 76.8 Å². The van der Waals surface area contributed by atoms with Crippen LogP contribution in [0.25, 0.3) is 0 Å². The third kappa shape index (κ3) is 2.56. The Hall–Kier alpha value is -1.62. The number of rotatable bonds is 2. The van der Waals surface area contributed by atoms with Crippen LogP contribution in [0.15, 0.2) is 23.3 Å². The molecule has 0 aromatic heterocycles. The minimum absolute atomic E-state index is 0.0871. The number of allylic oxidation sites excluding steroid dienone is 1. The molecule has 206 valence electrons. The van der Waals surface area contributed by atoms with Crippen molar-refractivity contribution in [2.45, 2.75) is 113 Å². The second kappa shape index (κ2) is 7.36. The monoisotopic (exact) mass is 528 g/mol. The van der Waals surface area contributed by atoms with Crippen molar-refractivity contribution in [3.8, 4) is 0 Å². The van der Waals surface area contributed by atoms with E-state index in [9.17, 15) is 19.8 Å². The van der Waals surface area contributed by atoms with Crippen LogP contribution in [0.3, 0.4) is 0 Å². The Kier molecular flexibility index (Phi) is 4.69. The number of hydrogen-bond donors (Lipinski definition) is 2. The fourth-order valence-corrected chi connectivity index (χ4v) is 10.3. The molecule has 0 aromatic carbocycles. The fourth-order valence-electron chi connectivity index (χ4n) is 10.3. The number of cyclic esters (lactones) is 1. The molecule has 9 aliphatic rings. The van der Waals surface area contributed by atoms with Crippen LogP contribution in [0.2, 0.25) is 0 Å². The van der Waals surface area contributed by atoms with E-state index in [0.717, 1.165) is 49.5 Å². The van der Waals surface area contributed by atoms with Crippen LogP contribution in [0.5, 0.6) is 0 Å². The predicted molar refractivity (Wildman–Crippen MR) is 129 cm³/mol. The molecule has 1 spiro atoms. The van der Waals surface area contributed by atoms with Gasteiger partial charge in [0.05, 0.1) is 29.3 Å². The molecule has 9 nitrogen and oxygen atoms in total. The molecular formula is C29H36O9. The standard InChI is InChI=1S/C29H36O9/c1-15-9-22(31)29(33)24(35-15)36-20-10-16-3-4-19-18(26(16,14-30)12-21(20)37-29)5-6-25(2)27(7-8-28(19,25)38-27)17-11-23(32)34-13-17/h3,11,14-15,18-22,24,31,33H,4-10,12-13H2,1-2H3. The molecule has 9 rings (SSSR count). The van der Waals surface area contributed by atoms with Crippen molar-refractivity contribution in [3.63, 3.8) is 0 Å². The summed E-state index contributed by atoms with van der Waals surface area (Å²) in [7, 11) is 0. The lowest BCUT2D eigenvalue weighted by Gasteiger charge is -2.72. The van der Waals surface area contributed by atoms with Gasteiger partial charge in [0.2, 0.25) is 12.1 Å². The van der Waals surface area contributed by atoms with Gasteiger partial charge in [0.1, 0.15) is 24.6 Å². The van der Waals surface area contributed by atoms with Gasteiger partial charge in [-0.1, -0.05) is 18.6 Å². The van der Waals surface area contributed by atoms with E-state index < -0.39 is 35.3 Å². The lowest BCUT2D eigenvalue weighted by atomic mass is 9.42. The Morgan fingerprint density at radius 1 is 1.11 bits per heavy atom. The maximum Gasteiger partial charge on any atom is 0.331 e. The minimum Gasteiger partial charge on any atom is -0.458 e. The van der Waals surface area contributed by atoms with Crippen LogP contribution < -0.4 is 0 Å². The number of aldehydes is 1. The van der Waals surface area contributed by atoms with Gasteiger partial charge in [-0.3, -0.25) is 0 Å². The highest BCUT2D eigenvalue weighted by Gasteiger charge is 2.83. The summed E-state index contributed by atoms with van der Waals surface area (Å²) >= 11 is 0. The number of esters is 1. The molecule has 7 fully saturated rings. The van der Waals surface area contributed by atoms with Gasteiger partial charge >= 0.3 is 5.97 Å². The van der Waals surface area contributed by atoms with Crippen molar-refractivity contribution in [3.05, 3.63) is 23.3 Å². The summed E-state index contributed by atoms with van der Waals surface area (Å²) in [6.07, 6.45) is 7.21. The van der Waals surface area contributed by atoms with Crippen LogP contribution >= 0.6 is 0 Å². The van der Waals surface area contributed by atoms with Gasteiger partial charge in [-0.2, -0.15) is 0 Å². The number of aliphatic hydroxyl groups is 2. The van der Waals surface area contributed by atoms with Crippen LogP contribution in [0, 0.1) is 22.7 Å². The largest absolute Gasteiger partial charge is 0.458 e. The molecule has 2 bridgehead atoms. The lowest BCUT2D eigenvalue weighted by Crippen LogP contribution is -2.76. The molecule has 9 heteroatoms. The van der Waals surface area contributed by atoms with E-state index in [1.165, 1.54) is 0 Å². The summed E-state index contributed by atoms with van der Waals surface area (Å²) in [4.78, 5) is 25.0. The first-order chi connectivity index (χ1) is 18.1. The van der Waals surface area contributed by atoms with E-state index in [0.29, 0.717) is 19.4 Å². The summed E-state index contributed by atoms with van der Waals surface area (Å²) < 4.78 is 30.5. The number of carbonyl (C=O) groups is 2. The van der Waals surface area contributed by atoms with Gasteiger partial charge < -0.3 is 38.7 Å². The van der Waals surface area contributed by atoms with E-state index in [1.54, 1.807) is 6.08 Å². The van der Waals surface area contributed by atoms with E-state index in [1.807, 2.05) is 6.92 Å². The SMILES string of the molecule is CC1CC(O)C2(O)OC3CC4(C=O)C(=CCC5C4CCC4(C)C6(C7=CC(=O)OC7)CCC54O6)CC3OC2O1. The lowest BCUT2D eigenvalue weighted by molar-refractivity contribution is -0.454. The average molecular weight is 529 g/mol. The molecule has 0 aromatic rings. The molecule has 0 amide bonds. The Morgan fingerprint density at radius 3 is 2.71 bits per heavy atom. The van der Waals surface area contributed by atoms with E-state index in [2.05, 4.69) is 13.0 Å². The molecule has 12 atom stereocenters. The Balaban J connectivity index is 1.12. The van der Waals surface area contributed by atoms with Crippen LogP contribution in [0.4, 0.5) is 0 Å². The number of carbonyl (C=O) groups excluding carboxylic acids is 2. The molecule has 2 N–H and O–H groups in total. The second-order valence-electron chi connectivity index (χ2n) is 13.3. The van der Waals surface area contributed by atoms with E-state index >= 15 is 0 Å². The number of hydrogen-bond acceptors (Lipinski definition) is 9. The Morgan fingerprint density at radius 2 is 1.95 bits per heavy atom. The zero-order valence-corrected chi connectivity index (χ0v) is 21.9. The zero-order chi connectivity index (χ0) is 26.3. The second-order valence-corrected chi connectivity index (χ2v) is 13.3. The molecule has 3 saturated carbocycles. The molecule has 5 heterocycles. The maximum absolute atomic E-state index is 13.1. The van der Waals surface area contributed by atoms with Gasteiger partial charge in [-0.25, -0.2) is 4.79 Å². The summed E-state index contributed by atoms with van der Waals surface area (Å²) in [6, 6.07) is 0. The molecule has 12 unspecified atom stereocenters. The summed E-state index contributed by atoms with van der Waals surface area (Å²) in [6.45, 7) is 4.46. The normalized spacial score (nSPS) is 58.1. The quantitative estimate of drug-likeness (QED) is 0.315. The van der Waals surface area contributed by atoms with Gasteiger partial charge in [0.25, 0.3) is 0 Å². The fraction of sp³-hybridized carbons (Fsp3) is 0.793. The third-order valence-electron chi connectivity index (χ3n) is 12.1. The van der Waals surface area contributed by atoms with E-state index in [-0.39, 0.29) is 47.4 Å². The van der Waals surface area contributed by atoms with Crippen molar-refractivity contribution in [1.82, 2.24) is 0 Å². The van der Waals surface area contributed by atoms with Gasteiger partial charge in [0, 0.05) is 23.5 Å². The van der Waals surface area contributed by atoms with Gasteiger partial charge in [-0.15, -0.1) is 0 Å². The molecule has 38 heavy (non-hydrogen) atoms. The summed E-state index contributed by atoms with van der Waals surface area (Å²) in [5.74, 6) is -1.98. The Labute approximate surface area is 221 Å². The maximum atomic E-state index is 13.1. The van der Waals surface area contributed by atoms with Crippen molar-refractivity contribution >= 4 is 12.3 Å². The topological polar surface area (TPSA) is 121 Å². The highest BCUT2D eigenvalue weighted by atomic mass is 16.8. The number of fused-ring (bicyclic) bond motifs is 6. The third-order valence-corrected chi connectivity index (χ3v) is 12.1. The molecule has 4 saturated heterocycles. The first kappa shape index (κ1) is 24.2. The Bertz CT molecular complexity index is 1180. The summed E-state index contributed by atoms with van der Waals surface area (Å²) in [5.41, 5.74) is 0.430.